The van der Waals surface area contributed by atoms with Crippen LogP contribution in [0.4, 0.5) is 0 Å². The molecule has 3 N–H and O–H groups in total. The number of aromatic nitrogens is 2. The molecule has 206 valence electrons. The van der Waals surface area contributed by atoms with Gasteiger partial charge in [-0.2, -0.15) is 0 Å². The maximum absolute atomic E-state index is 12.3. The average molecular weight is 532 g/mol. The van der Waals surface area contributed by atoms with Crippen molar-refractivity contribution in [1.29, 1.82) is 0 Å². The summed E-state index contributed by atoms with van der Waals surface area (Å²) in [5.74, 6) is 0. The van der Waals surface area contributed by atoms with E-state index in [0.29, 0.717) is 6.61 Å². The number of aromatic amines is 1. The summed E-state index contributed by atoms with van der Waals surface area (Å²) in [7, 11) is -2.98. The van der Waals surface area contributed by atoms with Gasteiger partial charge in [0.05, 0.1) is 6.61 Å². The van der Waals surface area contributed by atoms with Crippen LogP contribution >= 0.6 is 8.25 Å². The molecule has 1 fully saturated rings. The van der Waals surface area contributed by atoms with E-state index in [1.807, 2.05) is 0 Å². The summed E-state index contributed by atoms with van der Waals surface area (Å²) in [6.45, 7) is 2.11. The van der Waals surface area contributed by atoms with Crippen LogP contribution in [0.15, 0.2) is 21.9 Å². The minimum absolute atomic E-state index is 0.348. The number of nitrogens with one attached hydrogen (secondary N) is 1. The van der Waals surface area contributed by atoms with Gasteiger partial charge in [-0.1, -0.05) is 90.4 Å². The Kier molecular flexibility index (Phi) is 15.3. The van der Waals surface area contributed by atoms with Crippen LogP contribution in [0.1, 0.15) is 103 Å². The van der Waals surface area contributed by atoms with Gasteiger partial charge < -0.3 is 14.6 Å². The Balaban J connectivity index is 1.71. The van der Waals surface area contributed by atoms with Crippen molar-refractivity contribution in [3.05, 3.63) is 33.1 Å². The van der Waals surface area contributed by atoms with Crippen LogP contribution in [-0.4, -0.2) is 51.1 Å². The first kappa shape index (κ1) is 30.8. The maximum atomic E-state index is 12.3. The summed E-state index contributed by atoms with van der Waals surface area (Å²) in [5, 5.41) is 9.67. The molecule has 1 aliphatic rings. The lowest BCUT2D eigenvalue weighted by Gasteiger charge is -2.22. The summed E-state index contributed by atoms with van der Waals surface area (Å²) in [6.07, 6.45) is 14.7. The number of hydrogen-bond donors (Lipinski definition) is 3. The Hall–Kier alpha value is -1.42. The zero-order chi connectivity index (χ0) is 26.2. The van der Waals surface area contributed by atoms with Gasteiger partial charge in [-0.05, 0) is 6.42 Å². The molecule has 1 aromatic heterocycles. The molecule has 2 heterocycles. The highest BCUT2D eigenvalue weighted by Gasteiger charge is 2.51. The van der Waals surface area contributed by atoms with Crippen LogP contribution in [-0.2, 0) is 18.6 Å². The van der Waals surface area contributed by atoms with Crippen LogP contribution in [0.5, 0.6) is 0 Å². The van der Waals surface area contributed by atoms with Gasteiger partial charge >= 0.3 is 13.9 Å². The van der Waals surface area contributed by atoms with E-state index in [9.17, 15) is 24.2 Å². The fourth-order valence-electron chi connectivity index (χ4n) is 4.63. The molecule has 36 heavy (non-hydrogen) atoms. The smallest absolute Gasteiger partial charge is 0.394 e. The van der Waals surface area contributed by atoms with Gasteiger partial charge in [0.2, 0.25) is 0 Å². The Bertz CT molecular complexity index is 861. The van der Waals surface area contributed by atoms with Gasteiger partial charge in [-0.25, -0.2) is 4.79 Å². The number of nitrogens with zero attached hydrogens (tertiary/aromatic N) is 1. The molecule has 0 spiro atoms. The number of rotatable bonds is 20. The number of hydrogen-bond acceptors (Lipinski definition) is 7. The minimum atomic E-state index is -2.98. The average Bonchev–Trinajstić information content (AvgIpc) is 3.17. The van der Waals surface area contributed by atoms with Crippen molar-refractivity contribution in [3.8, 4) is 0 Å². The number of aliphatic hydroxyl groups is 1. The molecule has 10 nitrogen and oxygen atoms in total. The summed E-state index contributed by atoms with van der Waals surface area (Å²) in [5.41, 5.74) is -1.26. The van der Waals surface area contributed by atoms with Crippen molar-refractivity contribution in [3.63, 3.8) is 0 Å². The lowest BCUT2D eigenvalue weighted by Crippen LogP contribution is -2.40. The minimum Gasteiger partial charge on any atom is -0.394 e. The number of aliphatic hydroxyl groups excluding tert-OH is 1. The lowest BCUT2D eigenvalue weighted by molar-refractivity contribution is -0.0744. The van der Waals surface area contributed by atoms with Crippen LogP contribution in [0, 0.1) is 0 Å². The highest BCUT2D eigenvalue weighted by Crippen LogP contribution is 2.37. The van der Waals surface area contributed by atoms with Crippen LogP contribution in [0.2, 0.25) is 0 Å². The van der Waals surface area contributed by atoms with E-state index in [-0.39, 0.29) is 0 Å². The standard InChI is InChI=1S/C25H43N2O8P/c1-2-3-4-5-6-7-8-9-10-11-12-13-14-15-18-33-23-22(35-36(31)32)20(19-28)34-24(23)27-17-16-21(29)26-25(27)30/h16-17,20,22-24,28H,2-15,18-19H2,1H3,(H-,26,29,30,31,32)/p+1/t20-,22?,23?,24-/m1/s1. The fraction of sp³-hybridized carbons (Fsp3) is 0.840. The summed E-state index contributed by atoms with van der Waals surface area (Å²) in [4.78, 5) is 35.1. The molecular weight excluding hydrogens is 487 g/mol. The number of unbranched alkanes of at least 4 members (excludes halogenated alkanes) is 13. The predicted octanol–water partition coefficient (Wildman–Crippen LogP) is 4.33. The van der Waals surface area contributed by atoms with Gasteiger partial charge in [0.25, 0.3) is 5.56 Å². The SMILES string of the molecule is CCCCCCCCCCCCCCCCOC1C(O[P+](=O)O)[C@@H](CO)O[C@H]1n1ccc(=O)[nH]c1=O. The molecule has 0 amide bonds. The first-order valence-electron chi connectivity index (χ1n) is 13.5. The van der Waals surface area contributed by atoms with Crippen LogP contribution in [0.3, 0.4) is 0 Å². The molecule has 5 atom stereocenters. The third kappa shape index (κ3) is 10.9. The topological polar surface area (TPSA) is 140 Å². The van der Waals surface area contributed by atoms with E-state index >= 15 is 0 Å². The highest BCUT2D eigenvalue weighted by atomic mass is 31.1. The second kappa shape index (κ2) is 17.9. The quantitative estimate of drug-likeness (QED) is 0.167. The largest absolute Gasteiger partial charge is 0.695 e. The van der Waals surface area contributed by atoms with Crippen molar-refractivity contribution in [1.82, 2.24) is 9.55 Å². The molecule has 0 radical (unpaired) electrons. The molecule has 0 aliphatic carbocycles. The van der Waals surface area contributed by atoms with Gasteiger partial charge in [-0.3, -0.25) is 14.3 Å². The lowest BCUT2D eigenvalue weighted by atomic mass is 10.0. The van der Waals surface area contributed by atoms with Gasteiger partial charge in [0, 0.05) is 23.4 Å². The predicted molar refractivity (Wildman–Crippen MR) is 137 cm³/mol. The summed E-state index contributed by atoms with van der Waals surface area (Å²) in [6, 6.07) is 1.17. The second-order valence-electron chi connectivity index (χ2n) is 9.50. The third-order valence-corrected chi connectivity index (χ3v) is 7.03. The number of ether oxygens (including phenoxy) is 2. The van der Waals surface area contributed by atoms with E-state index in [1.54, 1.807) is 0 Å². The zero-order valence-electron chi connectivity index (χ0n) is 21.5. The van der Waals surface area contributed by atoms with Gasteiger partial charge in [0.1, 0.15) is 12.2 Å². The van der Waals surface area contributed by atoms with Gasteiger partial charge in [0.15, 0.2) is 12.3 Å². The molecule has 1 saturated heterocycles. The van der Waals surface area contributed by atoms with E-state index < -0.39 is 50.7 Å². The van der Waals surface area contributed by atoms with Crippen molar-refractivity contribution in [2.45, 2.75) is 121 Å². The molecule has 2 rings (SSSR count). The Labute approximate surface area is 214 Å². The molecule has 1 aliphatic heterocycles. The van der Waals surface area contributed by atoms with E-state index in [4.69, 9.17) is 14.0 Å². The Morgan fingerprint density at radius 1 is 0.944 bits per heavy atom. The Morgan fingerprint density at radius 2 is 1.50 bits per heavy atom. The van der Waals surface area contributed by atoms with Crippen LogP contribution in [0.25, 0.3) is 0 Å². The fourth-order valence-corrected chi connectivity index (χ4v) is 5.10. The molecule has 0 aromatic carbocycles. The third-order valence-electron chi connectivity index (χ3n) is 6.61. The maximum Gasteiger partial charge on any atom is 0.695 e. The van der Waals surface area contributed by atoms with Crippen molar-refractivity contribution in [2.75, 3.05) is 13.2 Å². The second-order valence-corrected chi connectivity index (χ2v) is 10.2. The van der Waals surface area contributed by atoms with E-state index in [1.165, 1.54) is 82.9 Å². The summed E-state index contributed by atoms with van der Waals surface area (Å²) >= 11 is 0. The van der Waals surface area contributed by atoms with Crippen molar-refractivity contribution < 1.29 is 28.6 Å². The van der Waals surface area contributed by atoms with Crippen LogP contribution < -0.4 is 11.2 Å². The summed E-state index contributed by atoms with van der Waals surface area (Å²) < 4.78 is 29.2. The first-order chi connectivity index (χ1) is 17.5. The molecule has 3 unspecified atom stereocenters. The monoisotopic (exact) mass is 531 g/mol. The molecule has 1 aromatic rings. The number of H-pyrrole nitrogens is 1. The first-order valence-corrected chi connectivity index (χ1v) is 14.6. The molecule has 0 bridgehead atoms. The van der Waals surface area contributed by atoms with E-state index in [2.05, 4.69) is 11.9 Å². The van der Waals surface area contributed by atoms with Crippen molar-refractivity contribution in [2.24, 2.45) is 0 Å². The van der Waals surface area contributed by atoms with Crippen molar-refractivity contribution >= 4 is 8.25 Å². The zero-order valence-corrected chi connectivity index (χ0v) is 22.4. The normalized spacial score (nSPS) is 22.2. The Morgan fingerprint density at radius 3 is 2.00 bits per heavy atom. The van der Waals surface area contributed by atoms with Gasteiger partial charge in [-0.15, -0.1) is 9.42 Å². The molecular formula is C25H44N2O8P+. The molecule has 0 saturated carbocycles. The van der Waals surface area contributed by atoms with E-state index in [0.717, 1.165) is 23.8 Å². The molecule has 11 heteroatoms. The highest BCUT2D eigenvalue weighted by molar-refractivity contribution is 7.32.